The van der Waals surface area contributed by atoms with E-state index in [9.17, 15) is 8.42 Å². The second-order valence-electron chi connectivity index (χ2n) is 7.17. The molecule has 0 radical (unpaired) electrons. The van der Waals surface area contributed by atoms with Gasteiger partial charge >= 0.3 is 0 Å². The van der Waals surface area contributed by atoms with Crippen LogP contribution in [0.25, 0.3) is 0 Å². The first-order chi connectivity index (χ1) is 9.76. The molecule has 0 heterocycles. The summed E-state index contributed by atoms with van der Waals surface area (Å²) in [4.78, 5) is 0.449. The Morgan fingerprint density at radius 1 is 1.10 bits per heavy atom. The van der Waals surface area contributed by atoms with Gasteiger partial charge in [0, 0.05) is 6.04 Å². The molecule has 1 aromatic carbocycles. The lowest BCUT2D eigenvalue weighted by Gasteiger charge is -2.41. The molecule has 0 aromatic heterocycles. The van der Waals surface area contributed by atoms with Crippen LogP contribution in [0.5, 0.6) is 0 Å². The summed E-state index contributed by atoms with van der Waals surface area (Å²) in [5.74, 6) is 0.450. The molecule has 1 fully saturated rings. The topological polar surface area (TPSA) is 46.2 Å². The number of sulfone groups is 1. The molecule has 1 saturated carbocycles. The zero-order valence-corrected chi connectivity index (χ0v) is 14.3. The number of nitrogens with one attached hydrogen (secondary N) is 1. The van der Waals surface area contributed by atoms with E-state index in [-0.39, 0.29) is 16.7 Å². The molecule has 21 heavy (non-hydrogen) atoms. The second kappa shape index (κ2) is 6.09. The van der Waals surface area contributed by atoms with Crippen molar-refractivity contribution in [3.63, 3.8) is 0 Å². The van der Waals surface area contributed by atoms with Gasteiger partial charge < -0.3 is 5.32 Å². The molecule has 1 aliphatic rings. The molecule has 3 unspecified atom stereocenters. The molecule has 1 aromatic rings. The smallest absolute Gasteiger partial charge is 0.182 e. The van der Waals surface area contributed by atoms with Gasteiger partial charge in [-0.25, -0.2) is 8.42 Å². The maximum Gasteiger partial charge on any atom is 0.182 e. The van der Waals surface area contributed by atoms with Gasteiger partial charge in [-0.3, -0.25) is 0 Å². The highest BCUT2D eigenvalue weighted by Crippen LogP contribution is 2.41. The molecule has 4 heteroatoms. The van der Waals surface area contributed by atoms with Gasteiger partial charge in [0.15, 0.2) is 9.84 Å². The summed E-state index contributed by atoms with van der Waals surface area (Å²) in [5.41, 5.74) is 0.156. The van der Waals surface area contributed by atoms with Crippen LogP contribution in [-0.2, 0) is 9.84 Å². The summed E-state index contributed by atoms with van der Waals surface area (Å²) in [6.07, 6.45) is 2.76. The maximum absolute atomic E-state index is 13.0. The van der Waals surface area contributed by atoms with Crippen molar-refractivity contribution in [2.45, 2.75) is 56.2 Å². The van der Waals surface area contributed by atoms with Crippen LogP contribution >= 0.6 is 0 Å². The zero-order chi connectivity index (χ0) is 15.7. The fourth-order valence-corrected chi connectivity index (χ4v) is 5.45. The number of hydrogen-bond donors (Lipinski definition) is 1. The molecule has 1 aliphatic carbocycles. The van der Waals surface area contributed by atoms with Crippen molar-refractivity contribution in [3.8, 4) is 0 Å². The van der Waals surface area contributed by atoms with Crippen molar-refractivity contribution < 1.29 is 8.42 Å². The molecule has 1 N–H and O–H groups in total. The highest BCUT2D eigenvalue weighted by Gasteiger charge is 2.42. The van der Waals surface area contributed by atoms with Crippen molar-refractivity contribution in [1.29, 1.82) is 0 Å². The van der Waals surface area contributed by atoms with E-state index in [1.807, 2.05) is 13.1 Å². The van der Waals surface area contributed by atoms with Gasteiger partial charge in [0.1, 0.15) is 0 Å². The Bertz CT molecular complexity index is 560. The molecule has 3 nitrogen and oxygen atoms in total. The molecule has 0 saturated heterocycles. The standard InChI is InChI=1S/C17H27NO2S/c1-17(2,3)13-10-11-15(18-4)16(12-13)21(19,20)14-8-6-5-7-9-14/h5-9,13,15-16,18H,10-12H2,1-4H3. The highest BCUT2D eigenvalue weighted by molar-refractivity contribution is 7.92. The Labute approximate surface area is 129 Å². The number of hydrogen-bond acceptors (Lipinski definition) is 3. The average Bonchev–Trinajstić information content (AvgIpc) is 2.46. The van der Waals surface area contributed by atoms with Crippen molar-refractivity contribution in [1.82, 2.24) is 5.32 Å². The van der Waals surface area contributed by atoms with Gasteiger partial charge in [-0.2, -0.15) is 0 Å². The van der Waals surface area contributed by atoms with E-state index in [2.05, 4.69) is 26.1 Å². The van der Waals surface area contributed by atoms with Crippen LogP contribution < -0.4 is 5.32 Å². The summed E-state index contributed by atoms with van der Waals surface area (Å²) in [5, 5.41) is 2.89. The monoisotopic (exact) mass is 309 g/mol. The Kier molecular flexibility index (Phi) is 4.79. The zero-order valence-electron chi connectivity index (χ0n) is 13.5. The van der Waals surface area contributed by atoms with Gasteiger partial charge in [-0.05, 0) is 49.8 Å². The largest absolute Gasteiger partial charge is 0.316 e. The minimum Gasteiger partial charge on any atom is -0.316 e. The fraction of sp³-hybridized carbons (Fsp3) is 0.647. The fourth-order valence-electron chi connectivity index (χ4n) is 3.37. The van der Waals surface area contributed by atoms with Crippen molar-refractivity contribution >= 4 is 9.84 Å². The molecule has 0 amide bonds. The quantitative estimate of drug-likeness (QED) is 0.932. The lowest BCUT2D eigenvalue weighted by Crippen LogP contribution is -2.48. The van der Waals surface area contributed by atoms with Crippen molar-refractivity contribution in [2.24, 2.45) is 11.3 Å². The van der Waals surface area contributed by atoms with Crippen LogP contribution in [0.1, 0.15) is 40.0 Å². The summed E-state index contributed by atoms with van der Waals surface area (Å²) in [6.45, 7) is 6.64. The van der Waals surface area contributed by atoms with Gasteiger partial charge in [0.2, 0.25) is 0 Å². The third-order valence-corrected chi connectivity index (χ3v) is 7.10. The molecule has 0 aliphatic heterocycles. The average molecular weight is 309 g/mol. The summed E-state index contributed by atoms with van der Waals surface area (Å²) in [6, 6.07) is 8.92. The first-order valence-electron chi connectivity index (χ1n) is 7.73. The molecule has 2 rings (SSSR count). The predicted octanol–water partition coefficient (Wildman–Crippen LogP) is 3.26. The van der Waals surface area contributed by atoms with Crippen LogP contribution in [0.4, 0.5) is 0 Å². The van der Waals surface area contributed by atoms with Crippen LogP contribution in [-0.4, -0.2) is 26.8 Å². The SMILES string of the molecule is CNC1CCC(C(C)(C)C)CC1S(=O)(=O)c1ccccc1. The normalized spacial score (nSPS) is 27.5. The van der Waals surface area contributed by atoms with E-state index in [0.717, 1.165) is 19.3 Å². The molecule has 3 atom stereocenters. The molecule has 0 spiro atoms. The molecular weight excluding hydrogens is 282 g/mol. The molecule has 118 valence electrons. The third-order valence-electron chi connectivity index (χ3n) is 4.86. The number of benzene rings is 1. The predicted molar refractivity (Wildman–Crippen MR) is 87.1 cm³/mol. The summed E-state index contributed by atoms with van der Waals surface area (Å²) >= 11 is 0. The van der Waals surface area contributed by atoms with E-state index < -0.39 is 9.84 Å². The van der Waals surface area contributed by atoms with E-state index in [0.29, 0.717) is 10.8 Å². The molecular formula is C17H27NO2S. The summed E-state index contributed by atoms with van der Waals surface area (Å²) in [7, 11) is -1.41. The van der Waals surface area contributed by atoms with E-state index in [1.165, 1.54) is 0 Å². The second-order valence-corrected chi connectivity index (χ2v) is 9.33. The van der Waals surface area contributed by atoms with E-state index >= 15 is 0 Å². The van der Waals surface area contributed by atoms with Crippen molar-refractivity contribution in [3.05, 3.63) is 30.3 Å². The lowest BCUT2D eigenvalue weighted by atomic mass is 9.71. The summed E-state index contributed by atoms with van der Waals surface area (Å²) < 4.78 is 26.0. The first kappa shape index (κ1) is 16.5. The highest BCUT2D eigenvalue weighted by atomic mass is 32.2. The van der Waals surface area contributed by atoms with Crippen LogP contribution in [0.3, 0.4) is 0 Å². The first-order valence-corrected chi connectivity index (χ1v) is 9.27. The minimum atomic E-state index is -3.28. The van der Waals surface area contributed by atoms with E-state index in [1.54, 1.807) is 24.3 Å². The minimum absolute atomic E-state index is 0.0498. The number of rotatable bonds is 3. The Morgan fingerprint density at radius 3 is 2.24 bits per heavy atom. The Balaban J connectivity index is 2.33. The third kappa shape index (κ3) is 3.49. The van der Waals surface area contributed by atoms with Crippen LogP contribution in [0, 0.1) is 11.3 Å². The van der Waals surface area contributed by atoms with Crippen LogP contribution in [0.15, 0.2) is 35.2 Å². The van der Waals surface area contributed by atoms with Gasteiger partial charge in [0.25, 0.3) is 0 Å². The Hall–Kier alpha value is -0.870. The van der Waals surface area contributed by atoms with Gasteiger partial charge in [-0.1, -0.05) is 39.0 Å². The lowest BCUT2D eigenvalue weighted by molar-refractivity contribution is 0.164. The van der Waals surface area contributed by atoms with E-state index in [4.69, 9.17) is 0 Å². The maximum atomic E-state index is 13.0. The Morgan fingerprint density at radius 2 is 1.71 bits per heavy atom. The molecule has 0 bridgehead atoms. The van der Waals surface area contributed by atoms with Gasteiger partial charge in [-0.15, -0.1) is 0 Å². The van der Waals surface area contributed by atoms with Gasteiger partial charge in [0.05, 0.1) is 10.1 Å². The van der Waals surface area contributed by atoms with Crippen LogP contribution in [0.2, 0.25) is 0 Å². The van der Waals surface area contributed by atoms with Crippen molar-refractivity contribution in [2.75, 3.05) is 7.05 Å².